The highest BCUT2D eigenvalue weighted by Gasteiger charge is 2.24. The molecule has 3 heterocycles. The molecule has 1 amide bonds. The summed E-state index contributed by atoms with van der Waals surface area (Å²) in [4.78, 5) is 52.5. The van der Waals surface area contributed by atoms with E-state index in [0.717, 1.165) is 23.3 Å². The molecule has 12 heteroatoms. The Morgan fingerprint density at radius 2 is 1.60 bits per heavy atom. The van der Waals surface area contributed by atoms with Crippen LogP contribution in [0.5, 0.6) is 11.5 Å². The van der Waals surface area contributed by atoms with Gasteiger partial charge in [-0.15, -0.1) is 0 Å². The molecule has 5 rings (SSSR count). The highest BCUT2D eigenvalue weighted by molar-refractivity contribution is 8.00. The molecule has 4 aromatic rings. The molecule has 1 aliphatic rings. The van der Waals surface area contributed by atoms with Crippen molar-refractivity contribution in [1.82, 2.24) is 24.0 Å². The number of aryl methyl sites for hydroxylation is 1. The molecule has 2 aromatic carbocycles. The molecule has 0 bridgehead atoms. The Kier molecular flexibility index (Phi) is 7.78. The SMILES string of the molecule is COc1ccc(-c2nc(SCC(=O)N3CCN(c4ccccc4)CC3)c3c(=O)n(C)c(=O)n(C)c3n2)cc1OC. The number of hydrogen-bond acceptors (Lipinski definition) is 9. The molecule has 0 saturated carbocycles. The van der Waals surface area contributed by atoms with Crippen LogP contribution in [0.1, 0.15) is 0 Å². The highest BCUT2D eigenvalue weighted by Crippen LogP contribution is 2.33. The maximum absolute atomic E-state index is 13.2. The molecule has 1 aliphatic heterocycles. The van der Waals surface area contributed by atoms with Crippen LogP contribution in [0.15, 0.2) is 63.1 Å². The van der Waals surface area contributed by atoms with Crippen LogP contribution in [0.25, 0.3) is 22.4 Å². The zero-order valence-electron chi connectivity index (χ0n) is 22.8. The number of carbonyl (C=O) groups is 1. The van der Waals surface area contributed by atoms with Crippen molar-refractivity contribution in [2.45, 2.75) is 5.03 Å². The van der Waals surface area contributed by atoms with Gasteiger partial charge in [0, 0.05) is 51.5 Å². The molecule has 1 saturated heterocycles. The first-order chi connectivity index (χ1) is 19.3. The van der Waals surface area contributed by atoms with Crippen molar-refractivity contribution in [3.05, 3.63) is 69.4 Å². The normalized spacial score (nSPS) is 13.5. The molecule has 208 valence electrons. The lowest BCUT2D eigenvalue weighted by atomic mass is 10.2. The summed E-state index contributed by atoms with van der Waals surface area (Å²) < 4.78 is 13.1. The van der Waals surface area contributed by atoms with Gasteiger partial charge in [-0.3, -0.25) is 18.7 Å². The number of piperazine rings is 1. The van der Waals surface area contributed by atoms with E-state index in [1.165, 1.54) is 30.5 Å². The lowest BCUT2D eigenvalue weighted by molar-refractivity contribution is -0.128. The minimum Gasteiger partial charge on any atom is -0.493 e. The second-order valence-corrected chi connectivity index (χ2v) is 10.3. The van der Waals surface area contributed by atoms with Gasteiger partial charge in [-0.1, -0.05) is 30.0 Å². The van der Waals surface area contributed by atoms with Crippen molar-refractivity contribution in [1.29, 1.82) is 0 Å². The molecule has 0 radical (unpaired) electrons. The number of rotatable bonds is 7. The minimum atomic E-state index is -0.511. The Hall–Kier alpha value is -4.32. The van der Waals surface area contributed by atoms with E-state index < -0.39 is 11.2 Å². The number of amides is 1. The molecular formula is C28H30N6O5S. The van der Waals surface area contributed by atoms with Gasteiger partial charge in [-0.25, -0.2) is 14.8 Å². The smallest absolute Gasteiger partial charge is 0.332 e. The molecule has 0 N–H and O–H groups in total. The average molecular weight is 563 g/mol. The topological polar surface area (TPSA) is 112 Å². The number of methoxy groups -OCH3 is 2. The van der Waals surface area contributed by atoms with E-state index in [-0.39, 0.29) is 22.7 Å². The second-order valence-electron chi connectivity index (χ2n) is 9.32. The predicted octanol–water partition coefficient (Wildman–Crippen LogP) is 2.15. The van der Waals surface area contributed by atoms with Crippen LogP contribution in [0, 0.1) is 0 Å². The van der Waals surface area contributed by atoms with E-state index in [2.05, 4.69) is 22.0 Å². The van der Waals surface area contributed by atoms with Crippen molar-refractivity contribution in [2.75, 3.05) is 51.1 Å². The maximum atomic E-state index is 13.2. The average Bonchev–Trinajstić information content (AvgIpc) is 3.01. The summed E-state index contributed by atoms with van der Waals surface area (Å²) in [6.45, 7) is 2.68. The highest BCUT2D eigenvalue weighted by atomic mass is 32.2. The summed E-state index contributed by atoms with van der Waals surface area (Å²) in [5.74, 6) is 1.37. The molecule has 2 aromatic heterocycles. The fraction of sp³-hybridized carbons (Fsp3) is 0.321. The number of nitrogens with zero attached hydrogens (tertiary/aromatic N) is 6. The molecule has 11 nitrogen and oxygen atoms in total. The van der Waals surface area contributed by atoms with E-state index in [1.807, 2.05) is 23.1 Å². The number of carbonyl (C=O) groups excluding carboxylic acids is 1. The Bertz CT molecular complexity index is 1680. The lowest BCUT2D eigenvalue weighted by Crippen LogP contribution is -2.49. The summed E-state index contributed by atoms with van der Waals surface area (Å²) in [7, 11) is 6.05. The van der Waals surface area contributed by atoms with Gasteiger partial charge in [0.25, 0.3) is 5.56 Å². The van der Waals surface area contributed by atoms with Gasteiger partial charge in [0.15, 0.2) is 23.0 Å². The number of ether oxygens (including phenoxy) is 2. The van der Waals surface area contributed by atoms with Crippen molar-refractivity contribution < 1.29 is 14.3 Å². The monoisotopic (exact) mass is 562 g/mol. The fourth-order valence-corrected chi connectivity index (χ4v) is 5.63. The zero-order valence-corrected chi connectivity index (χ0v) is 23.6. The van der Waals surface area contributed by atoms with Crippen LogP contribution in [0.3, 0.4) is 0 Å². The first-order valence-electron chi connectivity index (χ1n) is 12.7. The summed E-state index contributed by atoms with van der Waals surface area (Å²) in [6, 6.07) is 15.4. The van der Waals surface area contributed by atoms with E-state index in [0.29, 0.717) is 41.0 Å². The number of para-hydroxylation sites is 1. The molecule has 1 fully saturated rings. The Morgan fingerprint density at radius 1 is 0.900 bits per heavy atom. The zero-order chi connectivity index (χ0) is 28.4. The number of hydrogen-bond donors (Lipinski definition) is 0. The number of benzene rings is 2. The van der Waals surface area contributed by atoms with Gasteiger partial charge in [-0.05, 0) is 30.3 Å². The predicted molar refractivity (Wildman–Crippen MR) is 155 cm³/mol. The third-order valence-corrected chi connectivity index (χ3v) is 7.95. The van der Waals surface area contributed by atoms with Gasteiger partial charge >= 0.3 is 5.69 Å². The van der Waals surface area contributed by atoms with Gasteiger partial charge in [0.1, 0.15) is 10.4 Å². The number of anilines is 1. The van der Waals surface area contributed by atoms with Crippen molar-refractivity contribution in [2.24, 2.45) is 14.1 Å². The molecular weight excluding hydrogens is 532 g/mol. The van der Waals surface area contributed by atoms with Crippen LogP contribution in [-0.4, -0.2) is 76.1 Å². The Balaban J connectivity index is 1.45. The number of aromatic nitrogens is 4. The van der Waals surface area contributed by atoms with E-state index in [9.17, 15) is 14.4 Å². The molecule has 40 heavy (non-hydrogen) atoms. The first kappa shape index (κ1) is 27.3. The maximum Gasteiger partial charge on any atom is 0.332 e. The number of fused-ring (bicyclic) bond motifs is 1. The van der Waals surface area contributed by atoms with E-state index in [1.54, 1.807) is 32.4 Å². The van der Waals surface area contributed by atoms with Crippen molar-refractivity contribution >= 4 is 34.4 Å². The summed E-state index contributed by atoms with van der Waals surface area (Å²) >= 11 is 1.17. The third kappa shape index (κ3) is 5.14. The largest absolute Gasteiger partial charge is 0.493 e. The van der Waals surface area contributed by atoms with Gasteiger partial charge in [0.05, 0.1) is 20.0 Å². The molecule has 0 unspecified atom stereocenters. The standard InChI is InChI=1S/C28H30N6O5S/c1-31-25-23(27(36)32(2)28(31)37)26(30-24(29-25)18-10-11-20(38-3)21(16-18)39-4)40-17-22(35)34-14-12-33(13-15-34)19-8-6-5-7-9-19/h5-11,16H,12-15,17H2,1-4H3. The van der Waals surface area contributed by atoms with Gasteiger partial charge < -0.3 is 19.3 Å². The summed E-state index contributed by atoms with van der Waals surface area (Å²) in [5.41, 5.74) is 0.930. The lowest BCUT2D eigenvalue weighted by Gasteiger charge is -2.36. The minimum absolute atomic E-state index is 0.0428. The van der Waals surface area contributed by atoms with Gasteiger partial charge in [-0.2, -0.15) is 0 Å². The van der Waals surface area contributed by atoms with Crippen molar-refractivity contribution in [3.8, 4) is 22.9 Å². The van der Waals surface area contributed by atoms with Crippen LogP contribution in [0.2, 0.25) is 0 Å². The van der Waals surface area contributed by atoms with Crippen LogP contribution in [-0.2, 0) is 18.9 Å². The van der Waals surface area contributed by atoms with Crippen LogP contribution >= 0.6 is 11.8 Å². The fourth-order valence-electron chi connectivity index (χ4n) is 4.71. The Morgan fingerprint density at radius 3 is 2.27 bits per heavy atom. The first-order valence-corrected chi connectivity index (χ1v) is 13.7. The quantitative estimate of drug-likeness (QED) is 0.247. The second kappa shape index (κ2) is 11.4. The third-order valence-electron chi connectivity index (χ3n) is 6.99. The van der Waals surface area contributed by atoms with Crippen LogP contribution in [0.4, 0.5) is 5.69 Å². The van der Waals surface area contributed by atoms with Gasteiger partial charge in [0.2, 0.25) is 5.91 Å². The summed E-state index contributed by atoms with van der Waals surface area (Å²) in [5, 5.41) is 0.530. The molecule has 0 aliphatic carbocycles. The van der Waals surface area contributed by atoms with E-state index in [4.69, 9.17) is 14.5 Å². The number of thioether (sulfide) groups is 1. The molecule has 0 atom stereocenters. The van der Waals surface area contributed by atoms with Crippen LogP contribution < -0.4 is 25.6 Å². The van der Waals surface area contributed by atoms with E-state index >= 15 is 0 Å². The summed E-state index contributed by atoms with van der Waals surface area (Å²) in [6.07, 6.45) is 0. The van der Waals surface area contributed by atoms with Crippen molar-refractivity contribution in [3.63, 3.8) is 0 Å². The Labute approximate surface area is 235 Å². The molecule has 0 spiro atoms.